The van der Waals surface area contributed by atoms with Gasteiger partial charge < -0.3 is 15.3 Å². The molecule has 0 aromatic heterocycles. The number of phenols is 1. The summed E-state index contributed by atoms with van der Waals surface area (Å²) >= 11 is 0. The van der Waals surface area contributed by atoms with Crippen LogP contribution in [0.4, 0.5) is 10.1 Å². The van der Waals surface area contributed by atoms with E-state index in [2.05, 4.69) is 17.4 Å². The topological polar surface area (TPSA) is 53.5 Å². The van der Waals surface area contributed by atoms with Gasteiger partial charge in [0.05, 0.1) is 12.8 Å². The van der Waals surface area contributed by atoms with Crippen molar-refractivity contribution in [2.24, 2.45) is 0 Å². The first-order valence-electron chi connectivity index (χ1n) is 6.88. The molecule has 0 aliphatic rings. The zero-order chi connectivity index (χ0) is 15.9. The fraction of sp³-hybridized carbons (Fsp3) is 0.176. The third-order valence-electron chi connectivity index (χ3n) is 3.15. The second-order valence-corrected chi connectivity index (χ2v) is 4.79. The molecule has 0 heterocycles. The van der Waals surface area contributed by atoms with Gasteiger partial charge in [0, 0.05) is 12.1 Å². The van der Waals surface area contributed by atoms with Crippen molar-refractivity contribution >= 4 is 5.69 Å². The predicted molar refractivity (Wildman–Crippen MR) is 85.4 cm³/mol. The van der Waals surface area contributed by atoms with Gasteiger partial charge in [-0.05, 0) is 36.2 Å². The number of methoxy groups -OCH3 is 1. The number of hydrogen-bond acceptors (Lipinski definition) is 4. The SMILES string of the molecule is C=CCc1cc(CNNc2cccc(F)c2)c(O)c(OC)c1. The van der Waals surface area contributed by atoms with Crippen LogP contribution in [-0.4, -0.2) is 12.2 Å². The first kappa shape index (κ1) is 15.9. The Morgan fingerprint density at radius 1 is 1.32 bits per heavy atom. The lowest BCUT2D eigenvalue weighted by atomic mass is 10.1. The summed E-state index contributed by atoms with van der Waals surface area (Å²) in [5, 5.41) is 10.1. The average Bonchev–Trinajstić information content (AvgIpc) is 2.50. The largest absolute Gasteiger partial charge is 0.504 e. The number of nitrogens with one attached hydrogen (secondary N) is 2. The van der Waals surface area contributed by atoms with E-state index in [0.717, 1.165) is 5.56 Å². The number of hydrogen-bond donors (Lipinski definition) is 3. The van der Waals surface area contributed by atoms with Crippen LogP contribution in [0, 0.1) is 5.82 Å². The molecule has 0 aliphatic heterocycles. The monoisotopic (exact) mass is 302 g/mol. The van der Waals surface area contributed by atoms with Crippen molar-refractivity contribution in [1.29, 1.82) is 0 Å². The number of allylic oxidation sites excluding steroid dienone is 1. The van der Waals surface area contributed by atoms with Crippen LogP contribution < -0.4 is 15.6 Å². The van der Waals surface area contributed by atoms with Crippen molar-refractivity contribution in [3.63, 3.8) is 0 Å². The van der Waals surface area contributed by atoms with E-state index in [9.17, 15) is 9.50 Å². The maximum Gasteiger partial charge on any atom is 0.162 e. The molecular weight excluding hydrogens is 283 g/mol. The fourth-order valence-corrected chi connectivity index (χ4v) is 2.11. The molecule has 2 aromatic carbocycles. The molecule has 0 bridgehead atoms. The van der Waals surface area contributed by atoms with Gasteiger partial charge in [-0.3, -0.25) is 0 Å². The van der Waals surface area contributed by atoms with E-state index in [1.807, 2.05) is 6.07 Å². The summed E-state index contributed by atoms with van der Waals surface area (Å²) < 4.78 is 18.3. The Bertz CT molecular complexity index is 659. The normalized spacial score (nSPS) is 10.3. The summed E-state index contributed by atoms with van der Waals surface area (Å²) in [7, 11) is 1.51. The van der Waals surface area contributed by atoms with Crippen LogP contribution in [0.25, 0.3) is 0 Å². The van der Waals surface area contributed by atoms with Gasteiger partial charge in [0.15, 0.2) is 11.5 Å². The molecule has 4 nitrogen and oxygen atoms in total. The zero-order valence-corrected chi connectivity index (χ0v) is 12.4. The number of anilines is 1. The van der Waals surface area contributed by atoms with Crippen LogP contribution >= 0.6 is 0 Å². The Morgan fingerprint density at radius 2 is 2.14 bits per heavy atom. The number of benzene rings is 2. The van der Waals surface area contributed by atoms with Crippen molar-refractivity contribution < 1.29 is 14.2 Å². The highest BCUT2D eigenvalue weighted by Gasteiger charge is 2.10. The number of phenolic OH excluding ortho intramolecular Hbond substituents is 1. The first-order valence-corrected chi connectivity index (χ1v) is 6.88. The van der Waals surface area contributed by atoms with E-state index in [1.54, 1.807) is 24.3 Å². The molecule has 5 heteroatoms. The minimum absolute atomic E-state index is 0.0869. The Morgan fingerprint density at radius 3 is 2.82 bits per heavy atom. The highest BCUT2D eigenvalue weighted by atomic mass is 19.1. The maximum atomic E-state index is 13.1. The lowest BCUT2D eigenvalue weighted by Crippen LogP contribution is -2.21. The number of hydrazine groups is 1. The average molecular weight is 302 g/mol. The smallest absolute Gasteiger partial charge is 0.162 e. The lowest BCUT2D eigenvalue weighted by Gasteiger charge is -2.13. The standard InChI is InChI=1S/C17H19FN2O2/c1-3-5-12-8-13(17(21)16(9-12)22-2)11-19-20-15-7-4-6-14(18)10-15/h3-4,6-10,19-21H,1,5,11H2,2H3. The van der Waals surface area contributed by atoms with Gasteiger partial charge in [-0.25, -0.2) is 9.82 Å². The Kier molecular flexibility index (Phi) is 5.38. The lowest BCUT2D eigenvalue weighted by molar-refractivity contribution is 0.369. The number of rotatable bonds is 7. The van der Waals surface area contributed by atoms with Gasteiger partial charge in [0.25, 0.3) is 0 Å². The van der Waals surface area contributed by atoms with E-state index < -0.39 is 0 Å². The molecule has 0 fully saturated rings. The highest BCUT2D eigenvalue weighted by molar-refractivity contribution is 5.49. The van der Waals surface area contributed by atoms with Crippen LogP contribution in [0.1, 0.15) is 11.1 Å². The van der Waals surface area contributed by atoms with Crippen molar-refractivity contribution in [3.8, 4) is 11.5 Å². The molecule has 0 saturated carbocycles. The fourth-order valence-electron chi connectivity index (χ4n) is 2.11. The summed E-state index contributed by atoms with van der Waals surface area (Å²) in [6, 6.07) is 9.76. The zero-order valence-electron chi connectivity index (χ0n) is 12.4. The molecule has 2 rings (SSSR count). The molecule has 3 N–H and O–H groups in total. The van der Waals surface area contributed by atoms with E-state index in [-0.39, 0.29) is 11.6 Å². The van der Waals surface area contributed by atoms with Gasteiger partial charge in [-0.2, -0.15) is 0 Å². The molecule has 0 aliphatic carbocycles. The third kappa shape index (κ3) is 3.99. The second kappa shape index (κ2) is 7.47. The van der Waals surface area contributed by atoms with Crippen LogP contribution in [-0.2, 0) is 13.0 Å². The summed E-state index contributed by atoms with van der Waals surface area (Å²) in [5.74, 6) is 0.190. The molecular formula is C17H19FN2O2. The highest BCUT2D eigenvalue weighted by Crippen LogP contribution is 2.31. The van der Waals surface area contributed by atoms with E-state index in [1.165, 1.54) is 19.2 Å². The second-order valence-electron chi connectivity index (χ2n) is 4.79. The van der Waals surface area contributed by atoms with E-state index in [0.29, 0.717) is 30.0 Å². The molecule has 22 heavy (non-hydrogen) atoms. The van der Waals surface area contributed by atoms with Gasteiger partial charge in [0.1, 0.15) is 5.82 Å². The molecule has 0 amide bonds. The van der Waals surface area contributed by atoms with Crippen LogP contribution in [0.15, 0.2) is 49.1 Å². The van der Waals surface area contributed by atoms with E-state index >= 15 is 0 Å². The first-order chi connectivity index (χ1) is 10.6. The molecule has 0 atom stereocenters. The van der Waals surface area contributed by atoms with Crippen molar-refractivity contribution in [1.82, 2.24) is 5.43 Å². The Labute approximate surface area is 129 Å². The number of halogens is 1. The van der Waals surface area contributed by atoms with Crippen LogP contribution in [0.3, 0.4) is 0 Å². The van der Waals surface area contributed by atoms with Crippen LogP contribution in [0.2, 0.25) is 0 Å². The summed E-state index contributed by atoms with van der Waals surface area (Å²) in [6.07, 6.45) is 2.47. The predicted octanol–water partition coefficient (Wildman–Crippen LogP) is 3.39. The van der Waals surface area contributed by atoms with Gasteiger partial charge in [-0.1, -0.05) is 18.2 Å². The summed E-state index contributed by atoms with van der Waals surface area (Å²) in [4.78, 5) is 0. The number of aromatic hydroxyl groups is 1. The van der Waals surface area contributed by atoms with Gasteiger partial charge >= 0.3 is 0 Å². The van der Waals surface area contributed by atoms with Gasteiger partial charge in [-0.15, -0.1) is 6.58 Å². The minimum Gasteiger partial charge on any atom is -0.504 e. The molecule has 2 aromatic rings. The van der Waals surface area contributed by atoms with Gasteiger partial charge in [0.2, 0.25) is 0 Å². The van der Waals surface area contributed by atoms with Crippen LogP contribution in [0.5, 0.6) is 11.5 Å². The maximum absolute atomic E-state index is 13.1. The Balaban J connectivity index is 2.08. The molecule has 0 saturated heterocycles. The van der Waals surface area contributed by atoms with Crippen molar-refractivity contribution in [2.45, 2.75) is 13.0 Å². The minimum atomic E-state index is -0.315. The number of ether oxygens (including phenoxy) is 1. The molecule has 0 unspecified atom stereocenters. The quantitative estimate of drug-likeness (QED) is 0.542. The summed E-state index contributed by atoms with van der Waals surface area (Å²) in [6.45, 7) is 4.06. The molecule has 0 spiro atoms. The third-order valence-corrected chi connectivity index (χ3v) is 3.15. The van der Waals surface area contributed by atoms with E-state index in [4.69, 9.17) is 4.74 Å². The van der Waals surface area contributed by atoms with Crippen molar-refractivity contribution in [2.75, 3.05) is 12.5 Å². The molecule has 0 radical (unpaired) electrons. The molecule has 116 valence electrons. The van der Waals surface area contributed by atoms with Crippen molar-refractivity contribution in [3.05, 3.63) is 66.0 Å². The summed E-state index contributed by atoms with van der Waals surface area (Å²) in [5.41, 5.74) is 8.12. The Hall–Kier alpha value is -2.53.